The van der Waals surface area contributed by atoms with E-state index in [0.29, 0.717) is 22.1 Å². The maximum absolute atomic E-state index is 10.3. The number of nitrogens with zero attached hydrogens (tertiary/aromatic N) is 3. The van der Waals surface area contributed by atoms with Gasteiger partial charge in [0.15, 0.2) is 0 Å². The Kier molecular flexibility index (Phi) is 3.81. The molecule has 1 aromatic carbocycles. The summed E-state index contributed by atoms with van der Waals surface area (Å²) in [5.41, 5.74) is 2.63. The van der Waals surface area contributed by atoms with Gasteiger partial charge in [0.05, 0.1) is 28.7 Å². The van der Waals surface area contributed by atoms with Gasteiger partial charge in [0.25, 0.3) is 0 Å². The Morgan fingerprint density at radius 1 is 0.920 bits per heavy atom. The van der Waals surface area contributed by atoms with Gasteiger partial charge in [-0.2, -0.15) is 0 Å². The molecule has 8 heteroatoms. The fourth-order valence-electron chi connectivity index (χ4n) is 2.98. The van der Waals surface area contributed by atoms with E-state index in [1.807, 2.05) is 12.1 Å². The van der Waals surface area contributed by atoms with Crippen LogP contribution in [0.3, 0.4) is 0 Å². The Bertz CT molecular complexity index is 992. The fraction of sp³-hybridized carbons (Fsp3) is 0.235. The number of hydrogen-bond acceptors (Lipinski definition) is 7. The van der Waals surface area contributed by atoms with Gasteiger partial charge in [-0.1, -0.05) is 0 Å². The first-order valence-corrected chi connectivity index (χ1v) is 7.78. The van der Waals surface area contributed by atoms with Crippen LogP contribution in [0.2, 0.25) is 0 Å². The van der Waals surface area contributed by atoms with Crippen LogP contribution in [0.1, 0.15) is 11.9 Å². The van der Waals surface area contributed by atoms with Crippen LogP contribution in [0.15, 0.2) is 36.7 Å². The second kappa shape index (κ2) is 6.01. The van der Waals surface area contributed by atoms with E-state index >= 15 is 0 Å². The van der Waals surface area contributed by atoms with E-state index in [4.69, 9.17) is 5.11 Å². The Labute approximate surface area is 141 Å². The van der Waals surface area contributed by atoms with Crippen molar-refractivity contribution in [3.8, 4) is 0 Å². The molecule has 8 nitrogen and oxygen atoms in total. The molecule has 0 spiro atoms. The number of H-pyrrole nitrogens is 1. The smallest absolute Gasteiger partial charge is 0.140 e. The highest BCUT2D eigenvalue weighted by Crippen LogP contribution is 2.32. The highest BCUT2D eigenvalue weighted by molar-refractivity contribution is 6.20. The molecule has 4 aromatic rings. The molecule has 128 valence electrons. The molecule has 0 aliphatic rings. The number of imidazole rings is 1. The van der Waals surface area contributed by atoms with Crippen LogP contribution in [-0.4, -0.2) is 59.2 Å². The molecule has 3 heterocycles. The van der Waals surface area contributed by atoms with Crippen molar-refractivity contribution < 1.29 is 20.4 Å². The third kappa shape index (κ3) is 2.43. The summed E-state index contributed by atoms with van der Waals surface area (Å²) < 4.78 is 0. The number of pyridine rings is 2. The van der Waals surface area contributed by atoms with Crippen LogP contribution in [-0.2, 0) is 0 Å². The molecule has 0 radical (unpaired) electrons. The molecular weight excluding hydrogens is 324 g/mol. The molecule has 0 bridgehead atoms. The van der Waals surface area contributed by atoms with Crippen molar-refractivity contribution >= 4 is 32.8 Å². The lowest BCUT2D eigenvalue weighted by Crippen LogP contribution is -2.35. The van der Waals surface area contributed by atoms with E-state index in [9.17, 15) is 15.3 Å². The largest absolute Gasteiger partial charge is 0.394 e. The summed E-state index contributed by atoms with van der Waals surface area (Å²) in [5, 5.41) is 40.3. The van der Waals surface area contributed by atoms with Crippen molar-refractivity contribution in [1.82, 2.24) is 19.9 Å². The van der Waals surface area contributed by atoms with Crippen molar-refractivity contribution in [2.45, 2.75) is 18.3 Å². The summed E-state index contributed by atoms with van der Waals surface area (Å²) in [4.78, 5) is 16.2. The number of aromatic nitrogens is 4. The average molecular weight is 340 g/mol. The molecular formula is C17H16N4O4. The van der Waals surface area contributed by atoms with Gasteiger partial charge >= 0.3 is 0 Å². The zero-order valence-corrected chi connectivity index (χ0v) is 13.0. The molecule has 0 aliphatic carbocycles. The molecule has 25 heavy (non-hydrogen) atoms. The number of fused-ring (bicyclic) bond motifs is 6. The summed E-state index contributed by atoms with van der Waals surface area (Å²) in [7, 11) is 0. The van der Waals surface area contributed by atoms with Crippen LogP contribution in [0, 0.1) is 0 Å². The van der Waals surface area contributed by atoms with Crippen LogP contribution in [0.25, 0.3) is 32.8 Å². The number of aliphatic hydroxyl groups excluding tert-OH is 4. The number of aromatic amines is 1. The monoisotopic (exact) mass is 340 g/mol. The summed E-state index contributed by atoms with van der Waals surface area (Å²) in [5.74, 6) is 0.0940. The SMILES string of the molecule is OC[C@@H](O)[C@@H](O)[C@H](O)c1nc2c3cccnc3c3ncccc3c2[nH]1. The Morgan fingerprint density at radius 2 is 1.56 bits per heavy atom. The molecule has 0 amide bonds. The molecule has 0 aliphatic heterocycles. The van der Waals surface area contributed by atoms with Gasteiger partial charge in [-0.15, -0.1) is 0 Å². The lowest BCUT2D eigenvalue weighted by atomic mass is 10.1. The fourth-order valence-corrected chi connectivity index (χ4v) is 2.98. The first-order valence-electron chi connectivity index (χ1n) is 7.78. The molecule has 4 rings (SSSR count). The molecule has 3 aromatic heterocycles. The van der Waals surface area contributed by atoms with Gasteiger partial charge in [-0.25, -0.2) is 4.98 Å². The molecule has 0 fully saturated rings. The first-order chi connectivity index (χ1) is 12.1. The van der Waals surface area contributed by atoms with Crippen molar-refractivity contribution in [1.29, 1.82) is 0 Å². The van der Waals surface area contributed by atoms with E-state index in [-0.39, 0.29) is 5.82 Å². The van der Waals surface area contributed by atoms with Crippen LogP contribution in [0.5, 0.6) is 0 Å². The minimum atomic E-state index is -1.57. The lowest BCUT2D eigenvalue weighted by molar-refractivity contribution is -0.0800. The quantitative estimate of drug-likeness (QED) is 0.339. The number of benzene rings is 1. The van der Waals surface area contributed by atoms with Gasteiger partial charge < -0.3 is 25.4 Å². The van der Waals surface area contributed by atoms with E-state index in [2.05, 4.69) is 19.9 Å². The van der Waals surface area contributed by atoms with Crippen LogP contribution < -0.4 is 0 Å². The highest BCUT2D eigenvalue weighted by Gasteiger charge is 2.28. The predicted molar refractivity (Wildman–Crippen MR) is 90.8 cm³/mol. The van der Waals surface area contributed by atoms with Crippen molar-refractivity contribution in [3.05, 3.63) is 42.5 Å². The third-order valence-corrected chi connectivity index (χ3v) is 4.27. The second-order valence-corrected chi connectivity index (χ2v) is 5.83. The zero-order chi connectivity index (χ0) is 17.6. The molecule has 5 N–H and O–H groups in total. The summed E-state index contributed by atoms with van der Waals surface area (Å²) in [6.07, 6.45) is -1.17. The Morgan fingerprint density at radius 3 is 2.24 bits per heavy atom. The van der Waals surface area contributed by atoms with Crippen LogP contribution >= 0.6 is 0 Å². The summed E-state index contributed by atoms with van der Waals surface area (Å²) >= 11 is 0. The zero-order valence-electron chi connectivity index (χ0n) is 13.0. The van der Waals surface area contributed by atoms with E-state index < -0.39 is 24.9 Å². The summed E-state index contributed by atoms with van der Waals surface area (Å²) in [6, 6.07) is 7.30. The average Bonchev–Trinajstić information content (AvgIpc) is 3.12. The molecule has 3 atom stereocenters. The minimum Gasteiger partial charge on any atom is -0.394 e. The number of aliphatic hydroxyl groups is 4. The van der Waals surface area contributed by atoms with Gasteiger partial charge in [-0.05, 0) is 24.3 Å². The van der Waals surface area contributed by atoms with Crippen molar-refractivity contribution in [2.24, 2.45) is 0 Å². The van der Waals surface area contributed by atoms with Gasteiger partial charge in [0, 0.05) is 23.2 Å². The van der Waals surface area contributed by atoms with Gasteiger partial charge in [0.1, 0.15) is 24.1 Å². The van der Waals surface area contributed by atoms with Gasteiger partial charge in [0.2, 0.25) is 0 Å². The highest BCUT2D eigenvalue weighted by atomic mass is 16.4. The molecule has 0 saturated heterocycles. The van der Waals surface area contributed by atoms with E-state index in [0.717, 1.165) is 10.8 Å². The maximum atomic E-state index is 10.3. The first kappa shape index (κ1) is 15.9. The Balaban J connectivity index is 1.99. The summed E-state index contributed by atoms with van der Waals surface area (Å²) in [6.45, 7) is -0.668. The molecule has 0 saturated carbocycles. The van der Waals surface area contributed by atoms with E-state index in [1.54, 1.807) is 24.5 Å². The maximum Gasteiger partial charge on any atom is 0.140 e. The minimum absolute atomic E-state index is 0.0940. The van der Waals surface area contributed by atoms with Crippen molar-refractivity contribution in [3.63, 3.8) is 0 Å². The molecule has 0 unspecified atom stereocenters. The second-order valence-electron chi connectivity index (χ2n) is 5.83. The van der Waals surface area contributed by atoms with Crippen molar-refractivity contribution in [2.75, 3.05) is 6.61 Å². The third-order valence-electron chi connectivity index (χ3n) is 4.27. The Hall–Kier alpha value is -2.65. The normalized spacial score (nSPS) is 15.7. The van der Waals surface area contributed by atoms with Crippen LogP contribution in [0.4, 0.5) is 0 Å². The number of nitrogens with one attached hydrogen (secondary N) is 1. The number of rotatable bonds is 4. The van der Waals surface area contributed by atoms with Gasteiger partial charge in [-0.3, -0.25) is 9.97 Å². The lowest BCUT2D eigenvalue weighted by Gasteiger charge is -2.19. The number of hydrogen-bond donors (Lipinski definition) is 5. The topological polar surface area (TPSA) is 135 Å². The van der Waals surface area contributed by atoms with E-state index in [1.165, 1.54) is 0 Å². The standard InChI is InChI=1S/C17H16N4O4/c22-7-10(23)15(24)16(25)17-20-13-8-3-1-5-18-11(8)12-9(14(13)21-17)4-2-6-19-12/h1-6,10,15-16,22-25H,7H2,(H,20,21)/t10-,15-,16+/m1/s1. The predicted octanol–water partition coefficient (Wildman–Crippen LogP) is 0.407.